The van der Waals surface area contributed by atoms with Gasteiger partial charge in [0.1, 0.15) is 5.82 Å². The number of alkyl halides is 4. The van der Waals surface area contributed by atoms with Crippen LogP contribution in [0.3, 0.4) is 0 Å². The van der Waals surface area contributed by atoms with Crippen molar-refractivity contribution in [3.05, 3.63) is 34.6 Å². The molecule has 90 valence electrons. The van der Waals surface area contributed by atoms with Crippen LogP contribution in [-0.2, 0) is 6.18 Å². The van der Waals surface area contributed by atoms with E-state index in [2.05, 4.69) is 0 Å². The molecule has 0 saturated carbocycles. The van der Waals surface area contributed by atoms with Crippen molar-refractivity contribution in [2.45, 2.75) is 6.18 Å². The van der Waals surface area contributed by atoms with E-state index in [4.69, 9.17) is 16.9 Å². The predicted molar refractivity (Wildman–Crippen MR) is 51.2 cm³/mol. The highest BCUT2D eigenvalue weighted by Crippen LogP contribution is 2.33. The zero-order valence-electron chi connectivity index (χ0n) is 8.11. The van der Waals surface area contributed by atoms with Gasteiger partial charge in [0.15, 0.2) is 5.78 Å². The fourth-order valence-electron chi connectivity index (χ4n) is 1.17. The lowest BCUT2D eigenvalue weighted by atomic mass is 10.0. The van der Waals surface area contributed by atoms with Crippen LogP contribution >= 0.6 is 11.6 Å². The summed E-state index contributed by atoms with van der Waals surface area (Å²) in [5.74, 6) is -3.38. The number of ketones is 1. The van der Waals surface area contributed by atoms with Gasteiger partial charge in [-0.15, -0.1) is 11.6 Å². The standard InChI is InChI=1S/C10H4ClF4NO/c11-3-8(17)6-1-5(4-16)2-7(9(6)12)10(13,14)15/h1-2H,3H2. The first-order chi connectivity index (χ1) is 7.81. The van der Waals surface area contributed by atoms with Gasteiger partial charge in [0.05, 0.1) is 28.6 Å². The molecule has 1 rings (SSSR count). The van der Waals surface area contributed by atoms with E-state index in [0.29, 0.717) is 6.07 Å². The Kier molecular flexibility index (Phi) is 3.73. The lowest BCUT2D eigenvalue weighted by molar-refractivity contribution is -0.140. The highest BCUT2D eigenvalue weighted by atomic mass is 35.5. The summed E-state index contributed by atoms with van der Waals surface area (Å²) in [7, 11) is 0. The molecule has 0 spiro atoms. The average Bonchev–Trinajstić information content (AvgIpc) is 2.26. The molecule has 0 N–H and O–H groups in total. The third-order valence-electron chi connectivity index (χ3n) is 1.93. The molecular formula is C10H4ClF4NO. The molecule has 0 atom stereocenters. The van der Waals surface area contributed by atoms with E-state index in [1.807, 2.05) is 0 Å². The van der Waals surface area contributed by atoms with Crippen molar-refractivity contribution < 1.29 is 22.4 Å². The van der Waals surface area contributed by atoms with Crippen LogP contribution in [0.15, 0.2) is 12.1 Å². The smallest absolute Gasteiger partial charge is 0.293 e. The SMILES string of the molecule is N#Cc1cc(C(=O)CCl)c(F)c(C(F)(F)F)c1. The second kappa shape index (κ2) is 4.72. The number of carbonyl (C=O) groups excluding carboxylic acids is 1. The summed E-state index contributed by atoms with van der Waals surface area (Å²) in [5, 5.41) is 8.51. The Bertz CT molecular complexity index is 504. The van der Waals surface area contributed by atoms with Crippen LogP contribution in [0.25, 0.3) is 0 Å². The molecule has 0 radical (unpaired) electrons. The lowest BCUT2D eigenvalue weighted by Crippen LogP contribution is -2.14. The van der Waals surface area contributed by atoms with Crippen LogP contribution in [0.2, 0.25) is 0 Å². The third kappa shape index (κ3) is 2.74. The number of rotatable bonds is 2. The summed E-state index contributed by atoms with van der Waals surface area (Å²) in [6.45, 7) is 0. The quantitative estimate of drug-likeness (QED) is 0.468. The van der Waals surface area contributed by atoms with Crippen LogP contribution in [-0.4, -0.2) is 11.7 Å². The fourth-order valence-corrected chi connectivity index (χ4v) is 1.31. The molecule has 0 heterocycles. The zero-order chi connectivity index (χ0) is 13.2. The summed E-state index contributed by atoms with van der Waals surface area (Å²) in [5.41, 5.74) is -2.93. The molecular weight excluding hydrogens is 262 g/mol. The highest BCUT2D eigenvalue weighted by molar-refractivity contribution is 6.30. The Morgan fingerprint density at radius 3 is 2.41 bits per heavy atom. The monoisotopic (exact) mass is 265 g/mol. The first kappa shape index (κ1) is 13.5. The van der Waals surface area contributed by atoms with Crippen molar-refractivity contribution in [2.75, 3.05) is 5.88 Å². The van der Waals surface area contributed by atoms with Gasteiger partial charge in [-0.1, -0.05) is 0 Å². The Morgan fingerprint density at radius 2 is 2.00 bits per heavy atom. The zero-order valence-corrected chi connectivity index (χ0v) is 8.86. The maximum atomic E-state index is 13.4. The van der Waals surface area contributed by atoms with Gasteiger partial charge in [-0.05, 0) is 12.1 Å². The van der Waals surface area contributed by atoms with E-state index in [1.165, 1.54) is 6.07 Å². The molecule has 1 aromatic rings. The van der Waals surface area contributed by atoms with E-state index in [1.54, 1.807) is 0 Å². The molecule has 0 amide bonds. The number of hydrogen-bond acceptors (Lipinski definition) is 2. The van der Waals surface area contributed by atoms with Crippen LogP contribution in [0, 0.1) is 17.1 Å². The third-order valence-corrected chi connectivity index (χ3v) is 2.17. The Labute approximate surface area is 98.4 Å². The number of nitriles is 1. The van der Waals surface area contributed by atoms with Gasteiger partial charge in [-0.25, -0.2) is 4.39 Å². The van der Waals surface area contributed by atoms with Gasteiger partial charge in [-0.3, -0.25) is 4.79 Å². The topological polar surface area (TPSA) is 40.9 Å². The maximum absolute atomic E-state index is 13.4. The van der Waals surface area contributed by atoms with Crippen molar-refractivity contribution in [3.8, 4) is 6.07 Å². The summed E-state index contributed by atoms with van der Waals surface area (Å²) in [6, 6.07) is 2.52. The number of hydrogen-bond donors (Lipinski definition) is 0. The first-order valence-electron chi connectivity index (χ1n) is 4.21. The molecule has 2 nitrogen and oxygen atoms in total. The minimum Gasteiger partial charge on any atom is -0.293 e. The number of halogens is 5. The van der Waals surface area contributed by atoms with E-state index in [0.717, 1.165) is 6.07 Å². The number of carbonyl (C=O) groups is 1. The van der Waals surface area contributed by atoms with E-state index in [-0.39, 0.29) is 0 Å². The van der Waals surface area contributed by atoms with E-state index in [9.17, 15) is 22.4 Å². The molecule has 17 heavy (non-hydrogen) atoms. The van der Waals surface area contributed by atoms with Gasteiger partial charge in [-0.2, -0.15) is 18.4 Å². The summed E-state index contributed by atoms with van der Waals surface area (Å²) in [6.07, 6.45) is -4.97. The van der Waals surface area contributed by atoms with Crippen molar-refractivity contribution in [1.82, 2.24) is 0 Å². The van der Waals surface area contributed by atoms with Crippen molar-refractivity contribution in [3.63, 3.8) is 0 Å². The highest BCUT2D eigenvalue weighted by Gasteiger charge is 2.36. The normalized spacial score (nSPS) is 11.1. The molecule has 0 saturated heterocycles. The second-order valence-corrected chi connectivity index (χ2v) is 3.32. The van der Waals surface area contributed by atoms with Gasteiger partial charge >= 0.3 is 6.18 Å². The van der Waals surface area contributed by atoms with Gasteiger partial charge in [0, 0.05) is 0 Å². The number of Topliss-reactive ketones (excluding diaryl/α,β-unsaturated/α-hetero) is 1. The predicted octanol–water partition coefficient (Wildman–Crippen LogP) is 3.14. The second-order valence-electron chi connectivity index (χ2n) is 3.05. The maximum Gasteiger partial charge on any atom is 0.419 e. The molecule has 0 aliphatic carbocycles. The van der Waals surface area contributed by atoms with Crippen LogP contribution in [0.1, 0.15) is 21.5 Å². The summed E-state index contributed by atoms with van der Waals surface area (Å²) in [4.78, 5) is 11.1. The van der Waals surface area contributed by atoms with E-state index < -0.39 is 40.3 Å². The van der Waals surface area contributed by atoms with Crippen molar-refractivity contribution in [1.29, 1.82) is 5.26 Å². The van der Waals surface area contributed by atoms with Crippen LogP contribution in [0.5, 0.6) is 0 Å². The summed E-state index contributed by atoms with van der Waals surface area (Å²) >= 11 is 5.14. The van der Waals surface area contributed by atoms with Gasteiger partial charge < -0.3 is 0 Å². The van der Waals surface area contributed by atoms with Gasteiger partial charge in [0.2, 0.25) is 0 Å². The van der Waals surface area contributed by atoms with Gasteiger partial charge in [0.25, 0.3) is 0 Å². The summed E-state index contributed by atoms with van der Waals surface area (Å²) < 4.78 is 50.7. The molecule has 0 aliphatic heterocycles. The van der Waals surface area contributed by atoms with Crippen molar-refractivity contribution >= 4 is 17.4 Å². The molecule has 0 unspecified atom stereocenters. The van der Waals surface area contributed by atoms with Crippen LogP contribution < -0.4 is 0 Å². The first-order valence-corrected chi connectivity index (χ1v) is 4.74. The van der Waals surface area contributed by atoms with Crippen molar-refractivity contribution in [2.24, 2.45) is 0 Å². The largest absolute Gasteiger partial charge is 0.419 e. The van der Waals surface area contributed by atoms with Crippen LogP contribution in [0.4, 0.5) is 17.6 Å². The lowest BCUT2D eigenvalue weighted by Gasteiger charge is -2.10. The minimum absolute atomic E-state index is 0.348. The fraction of sp³-hybridized carbons (Fsp3) is 0.200. The Balaban J connectivity index is 3.54. The van der Waals surface area contributed by atoms with E-state index >= 15 is 0 Å². The molecule has 0 bridgehead atoms. The average molecular weight is 266 g/mol. The molecule has 7 heteroatoms. The molecule has 0 fully saturated rings. The molecule has 0 aromatic heterocycles. The number of benzene rings is 1. The Morgan fingerprint density at radius 1 is 1.41 bits per heavy atom. The molecule has 1 aromatic carbocycles. The minimum atomic E-state index is -4.97. The molecule has 0 aliphatic rings. The number of nitrogens with zero attached hydrogens (tertiary/aromatic N) is 1. The Hall–Kier alpha value is -1.61.